The number of carbonyl (C=O) groups excluding carboxylic acids is 2. The molecule has 0 aliphatic rings. The second-order valence-corrected chi connectivity index (χ2v) is 9.46. The average molecular weight is 569 g/mol. The fourth-order valence-electron chi connectivity index (χ4n) is 4.17. The largest absolute Gasteiger partial charge is 0.545 e. The molecule has 0 aromatic heterocycles. The number of nitrogens with two attached hydrogens (primary N) is 1. The van der Waals surface area contributed by atoms with Gasteiger partial charge in [0.2, 0.25) is 5.75 Å². The number of esters is 1. The molecule has 3 N–H and O–H groups in total. The Hall–Kier alpha value is -4.15. The minimum atomic E-state index is -1.20. The topological polar surface area (TPSA) is 125 Å². The molecule has 0 saturated carbocycles. The van der Waals surface area contributed by atoms with E-state index in [2.05, 4.69) is 45.4 Å². The van der Waals surface area contributed by atoms with Gasteiger partial charge in [-0.25, -0.2) is 4.79 Å². The first-order valence-corrected chi connectivity index (χ1v) is 12.9. The van der Waals surface area contributed by atoms with E-state index in [1.807, 2.05) is 18.2 Å². The molecule has 0 heterocycles. The number of thiocarbonyl (C=S) groups is 1. The number of benzene rings is 3. The third kappa shape index (κ3) is 7.71. The van der Waals surface area contributed by atoms with Gasteiger partial charge in [0, 0.05) is 17.5 Å². The average Bonchev–Trinajstić information content (AvgIpc) is 2.97. The standard InChI is InChI=1S/C22H29NO5.C8H7NO2S/c1-7-22(23(2)3,17-11-9-8-10-12-17)15-28-21(24)16-13-18(25-4)20(27-6)19(14-16)26-5;9-7(12)5-1-3-6(4-2-5)8(10)11/h8-14H,7,15H2,1-6H3;1-4H,(H2,9,12)(H,10,11). The van der Waals surface area contributed by atoms with Gasteiger partial charge in [0.25, 0.3) is 0 Å². The summed E-state index contributed by atoms with van der Waals surface area (Å²) in [6.07, 6.45) is 0.821. The monoisotopic (exact) mass is 568 g/mol. The molecule has 0 aliphatic carbocycles. The van der Waals surface area contributed by atoms with E-state index in [0.717, 1.165) is 12.0 Å². The molecular formula is C30H36N2O7S. The van der Waals surface area contributed by atoms with Crippen molar-refractivity contribution in [3.63, 3.8) is 0 Å². The molecular weight excluding hydrogens is 532 g/mol. The summed E-state index contributed by atoms with van der Waals surface area (Å²) in [6.45, 7) is 2.36. The number of hydrogen-bond donors (Lipinski definition) is 2. The number of quaternary nitrogens is 1. The number of methoxy groups -OCH3 is 3. The molecule has 0 saturated heterocycles. The summed E-state index contributed by atoms with van der Waals surface area (Å²) in [5, 5.41) is 10.3. The highest BCUT2D eigenvalue weighted by molar-refractivity contribution is 7.80. The van der Waals surface area contributed by atoms with E-state index in [0.29, 0.717) is 28.4 Å². The molecule has 214 valence electrons. The van der Waals surface area contributed by atoms with E-state index in [1.165, 1.54) is 38.4 Å². The van der Waals surface area contributed by atoms with Gasteiger partial charge < -0.3 is 39.5 Å². The molecule has 10 heteroatoms. The van der Waals surface area contributed by atoms with Crippen molar-refractivity contribution < 1.29 is 38.5 Å². The van der Waals surface area contributed by atoms with Crippen LogP contribution >= 0.6 is 12.2 Å². The van der Waals surface area contributed by atoms with Crippen LogP contribution in [-0.2, 0) is 10.3 Å². The van der Waals surface area contributed by atoms with Crippen LogP contribution in [0.5, 0.6) is 17.2 Å². The maximum Gasteiger partial charge on any atom is 0.338 e. The quantitative estimate of drug-likeness (QED) is 0.264. The molecule has 40 heavy (non-hydrogen) atoms. The summed E-state index contributed by atoms with van der Waals surface area (Å²) in [6, 6.07) is 19.2. The highest BCUT2D eigenvalue weighted by Gasteiger charge is 2.38. The number of carboxylic acids is 1. The molecule has 1 atom stereocenters. The molecule has 3 rings (SSSR count). The number of hydrogen-bond acceptors (Lipinski definition) is 8. The maximum atomic E-state index is 12.8. The first kappa shape index (κ1) is 32.1. The Morgan fingerprint density at radius 2 is 1.40 bits per heavy atom. The fraction of sp³-hybridized carbons (Fsp3) is 0.300. The van der Waals surface area contributed by atoms with E-state index in [4.69, 9.17) is 24.7 Å². The lowest BCUT2D eigenvalue weighted by molar-refractivity contribution is -0.925. The molecule has 9 nitrogen and oxygen atoms in total. The normalized spacial score (nSPS) is 11.9. The third-order valence-corrected chi connectivity index (χ3v) is 6.88. The molecule has 0 radical (unpaired) electrons. The number of aromatic carboxylic acids is 1. The van der Waals surface area contributed by atoms with Crippen molar-refractivity contribution in [2.45, 2.75) is 18.9 Å². The Labute approximate surface area is 240 Å². The van der Waals surface area contributed by atoms with Crippen LogP contribution in [0.3, 0.4) is 0 Å². The van der Waals surface area contributed by atoms with E-state index >= 15 is 0 Å². The first-order chi connectivity index (χ1) is 19.0. The van der Waals surface area contributed by atoms with E-state index in [1.54, 1.807) is 24.3 Å². The summed E-state index contributed by atoms with van der Waals surface area (Å²) in [5.41, 5.74) is 7.22. The van der Waals surface area contributed by atoms with Crippen LogP contribution in [0.2, 0.25) is 0 Å². The minimum Gasteiger partial charge on any atom is -0.545 e. The van der Waals surface area contributed by atoms with E-state index in [-0.39, 0.29) is 22.7 Å². The second kappa shape index (κ2) is 14.9. The number of carboxylic acid groups (broad SMARTS) is 1. The summed E-state index contributed by atoms with van der Waals surface area (Å²) < 4.78 is 21.7. The highest BCUT2D eigenvalue weighted by Crippen LogP contribution is 2.38. The van der Waals surface area contributed by atoms with Gasteiger partial charge in [-0.1, -0.05) is 73.7 Å². The van der Waals surface area contributed by atoms with Gasteiger partial charge in [-0.2, -0.15) is 0 Å². The Morgan fingerprint density at radius 3 is 1.80 bits per heavy atom. The van der Waals surface area contributed by atoms with Crippen molar-refractivity contribution in [2.75, 3.05) is 42.0 Å². The van der Waals surface area contributed by atoms with E-state index in [9.17, 15) is 14.7 Å². The summed E-state index contributed by atoms with van der Waals surface area (Å²) in [4.78, 5) is 24.6. The van der Waals surface area contributed by atoms with Gasteiger partial charge in [-0.3, -0.25) is 0 Å². The lowest BCUT2D eigenvalue weighted by atomic mass is 9.87. The molecule has 3 aromatic rings. The maximum absolute atomic E-state index is 12.8. The molecule has 0 spiro atoms. The van der Waals surface area contributed by atoms with Crippen LogP contribution in [0.1, 0.15) is 45.2 Å². The number of likely N-dealkylation sites (N-methyl/N-ethyl adjacent to an activating group) is 1. The summed E-state index contributed by atoms with van der Waals surface area (Å²) in [7, 11) is 8.69. The molecule has 3 aromatic carbocycles. The van der Waals surface area contributed by atoms with Gasteiger partial charge in [0.1, 0.15) is 4.99 Å². The van der Waals surface area contributed by atoms with Crippen molar-refractivity contribution in [1.29, 1.82) is 0 Å². The second-order valence-electron chi connectivity index (χ2n) is 9.02. The van der Waals surface area contributed by atoms with Gasteiger partial charge in [0.15, 0.2) is 23.6 Å². The first-order valence-electron chi connectivity index (χ1n) is 12.5. The highest BCUT2D eigenvalue weighted by atomic mass is 32.1. The molecule has 0 bridgehead atoms. The molecule has 0 fully saturated rings. The minimum absolute atomic E-state index is 0.120. The van der Waals surface area contributed by atoms with Crippen LogP contribution in [0.15, 0.2) is 66.7 Å². The summed E-state index contributed by atoms with van der Waals surface area (Å²) >= 11 is 4.69. The van der Waals surface area contributed by atoms with Gasteiger partial charge in [-0.05, 0) is 17.7 Å². The van der Waals surface area contributed by atoms with Crippen molar-refractivity contribution in [3.8, 4) is 17.2 Å². The number of carbonyl (C=O) groups is 2. The zero-order valence-corrected chi connectivity index (χ0v) is 24.4. The van der Waals surface area contributed by atoms with Gasteiger partial charge >= 0.3 is 5.97 Å². The van der Waals surface area contributed by atoms with Crippen molar-refractivity contribution in [1.82, 2.24) is 0 Å². The van der Waals surface area contributed by atoms with Crippen molar-refractivity contribution >= 4 is 29.1 Å². The van der Waals surface area contributed by atoms with Crippen LogP contribution < -0.4 is 30.0 Å². The number of ether oxygens (including phenoxy) is 4. The number of rotatable bonds is 11. The van der Waals surface area contributed by atoms with Crippen molar-refractivity contribution in [3.05, 3.63) is 89.0 Å². The van der Waals surface area contributed by atoms with Gasteiger partial charge in [-0.15, -0.1) is 0 Å². The Balaban J connectivity index is 0.000000389. The summed E-state index contributed by atoms with van der Waals surface area (Å²) in [5.74, 6) is -0.376. The third-order valence-electron chi connectivity index (χ3n) is 6.64. The van der Waals surface area contributed by atoms with Gasteiger partial charge in [0.05, 0.1) is 47.0 Å². The predicted octanol–water partition coefficient (Wildman–Crippen LogP) is 2.00. The SMILES string of the molecule is CCC(COC(=O)c1cc(OC)c(OC)c(OC)c1)(c1ccccc1)[NH+](C)C.NC(=S)c1ccc(C(=O)[O-])cc1. The van der Waals surface area contributed by atoms with Crippen LogP contribution in [0, 0.1) is 0 Å². The van der Waals surface area contributed by atoms with Crippen LogP contribution in [-0.4, -0.2) is 59.0 Å². The number of nitrogens with one attached hydrogen (secondary N) is 1. The smallest absolute Gasteiger partial charge is 0.338 e. The zero-order chi connectivity index (χ0) is 29.9. The Morgan fingerprint density at radius 1 is 0.875 bits per heavy atom. The lowest BCUT2D eigenvalue weighted by Gasteiger charge is -2.35. The molecule has 1 unspecified atom stereocenters. The van der Waals surface area contributed by atoms with E-state index < -0.39 is 11.9 Å². The van der Waals surface area contributed by atoms with Crippen molar-refractivity contribution in [2.24, 2.45) is 5.73 Å². The fourth-order valence-corrected chi connectivity index (χ4v) is 4.31. The molecule has 0 aliphatic heterocycles. The Kier molecular flexibility index (Phi) is 11.9. The predicted molar refractivity (Wildman–Crippen MR) is 154 cm³/mol. The zero-order valence-electron chi connectivity index (χ0n) is 23.6. The molecule has 0 amide bonds. The van der Waals surface area contributed by atoms with Crippen LogP contribution in [0.4, 0.5) is 0 Å². The Bertz CT molecular complexity index is 1240. The van der Waals surface area contributed by atoms with Crippen LogP contribution in [0.25, 0.3) is 0 Å². The lowest BCUT2D eigenvalue weighted by Crippen LogP contribution is -3.14.